The van der Waals surface area contributed by atoms with E-state index in [4.69, 9.17) is 0 Å². The first-order valence-corrected chi connectivity index (χ1v) is 15.3. The molecule has 0 bridgehead atoms. The molecule has 2 atom stereocenters. The highest BCUT2D eigenvalue weighted by atomic mass is 19.4. The molecule has 3 aliphatic carbocycles. The van der Waals surface area contributed by atoms with Gasteiger partial charge in [-0.1, -0.05) is 5.21 Å². The molecule has 3 aliphatic rings. The maximum absolute atomic E-state index is 14.0. The van der Waals surface area contributed by atoms with Crippen molar-refractivity contribution in [2.75, 3.05) is 0 Å². The third-order valence-electron chi connectivity index (χ3n) is 9.07. The van der Waals surface area contributed by atoms with Crippen LogP contribution in [-0.2, 0) is 11.3 Å². The fraction of sp³-hybridized carbons (Fsp3) is 0.655. The van der Waals surface area contributed by atoms with Crippen LogP contribution < -0.4 is 10.6 Å². The summed E-state index contributed by atoms with van der Waals surface area (Å²) < 4.78 is 95.3. The topological polar surface area (TPSA) is 119 Å². The van der Waals surface area contributed by atoms with Crippen LogP contribution in [0.25, 0.3) is 5.65 Å². The van der Waals surface area contributed by atoms with Crippen molar-refractivity contribution in [2.24, 2.45) is 17.8 Å². The van der Waals surface area contributed by atoms with E-state index in [0.29, 0.717) is 16.9 Å². The van der Waals surface area contributed by atoms with E-state index in [9.17, 15) is 40.3 Å². The molecule has 3 aromatic rings. The lowest BCUT2D eigenvalue weighted by molar-refractivity contribution is -0.137. The Bertz CT molecular complexity index is 1570. The molecule has 3 fully saturated rings. The summed E-state index contributed by atoms with van der Waals surface area (Å²) in [7, 11) is 0. The normalized spacial score (nSPS) is 21.5. The zero-order chi connectivity index (χ0) is 32.9. The zero-order valence-corrected chi connectivity index (χ0v) is 24.6. The number of nitrogens with zero attached hydrogens (tertiary/aromatic N) is 6. The van der Waals surface area contributed by atoms with Crippen LogP contribution in [0.2, 0.25) is 0 Å². The van der Waals surface area contributed by atoms with E-state index in [-0.39, 0.29) is 55.5 Å². The van der Waals surface area contributed by atoms with Gasteiger partial charge in [-0.15, -0.1) is 5.10 Å². The third kappa shape index (κ3) is 7.60. The van der Waals surface area contributed by atoms with Crippen LogP contribution in [-0.4, -0.2) is 59.4 Å². The summed E-state index contributed by atoms with van der Waals surface area (Å²) in [6.07, 6.45) is -1.06. The number of imidazole rings is 1. The molecule has 17 heteroatoms. The number of hydrogen-bond donors (Lipinski definition) is 2. The lowest BCUT2D eigenvalue weighted by Crippen LogP contribution is -2.39. The lowest BCUT2D eigenvalue weighted by atomic mass is 9.79. The second-order valence-electron chi connectivity index (χ2n) is 12.8. The number of aryl methyl sites for hydroxylation is 1. The second kappa shape index (κ2) is 12.1. The van der Waals surface area contributed by atoms with Crippen molar-refractivity contribution in [3.8, 4) is 0 Å². The van der Waals surface area contributed by atoms with Crippen molar-refractivity contribution in [1.82, 2.24) is 40.2 Å². The summed E-state index contributed by atoms with van der Waals surface area (Å²) in [4.78, 5) is 30.7. The van der Waals surface area contributed by atoms with E-state index in [1.54, 1.807) is 18.5 Å². The number of fused-ring (bicyclic) bond motifs is 1. The second-order valence-corrected chi connectivity index (χ2v) is 12.8. The summed E-state index contributed by atoms with van der Waals surface area (Å²) >= 11 is 0. The molecule has 0 radical (unpaired) electrons. The molecule has 3 aromatic heterocycles. The number of halogens is 7. The number of hydrogen-bond acceptors (Lipinski definition) is 6. The van der Waals surface area contributed by atoms with Gasteiger partial charge in [0.15, 0.2) is 5.65 Å². The Morgan fingerprint density at radius 1 is 0.957 bits per heavy atom. The quantitative estimate of drug-likeness (QED) is 0.260. The monoisotopic (exact) mass is 658 g/mol. The number of aromatic nitrogens is 6. The Morgan fingerprint density at radius 3 is 2.30 bits per heavy atom. The molecule has 0 saturated heterocycles. The van der Waals surface area contributed by atoms with E-state index in [1.165, 1.54) is 4.52 Å². The van der Waals surface area contributed by atoms with Crippen molar-refractivity contribution < 1.29 is 40.3 Å². The lowest BCUT2D eigenvalue weighted by Gasteiger charge is -2.34. The molecule has 2 N–H and O–H groups in total. The number of carbonyl (C=O) groups is 2. The highest BCUT2D eigenvalue weighted by molar-refractivity contribution is 5.92. The van der Waals surface area contributed by atoms with Crippen LogP contribution in [0, 0.1) is 17.8 Å². The van der Waals surface area contributed by atoms with Gasteiger partial charge in [-0.3, -0.25) is 9.59 Å². The molecule has 6 rings (SSSR count). The van der Waals surface area contributed by atoms with Gasteiger partial charge < -0.3 is 10.6 Å². The first-order valence-electron chi connectivity index (χ1n) is 15.3. The fourth-order valence-corrected chi connectivity index (χ4v) is 6.43. The molecule has 3 saturated carbocycles. The van der Waals surface area contributed by atoms with E-state index >= 15 is 0 Å². The van der Waals surface area contributed by atoms with Gasteiger partial charge in [-0.2, -0.15) is 18.3 Å². The standard InChI is InChI=1S/C29H33F7N8O2/c30-27(31)5-3-18(4-6-27)25(41-26(46)21-14-37-42-43(21)8-7-29(34,35)36)20-15-44-22(39-20)10-19(13-38-44)24(17-1-2-17)40-23(45)9-16-11-28(32,33)12-16/h10,13-18,24-25H,1-9,11-12H2,(H,40,45)(H,41,46)/t24?,25-/m0/s1. The Hall–Kier alpha value is -3.79. The number of nitrogens with one attached hydrogen (secondary N) is 2. The Balaban J connectivity index is 1.22. The summed E-state index contributed by atoms with van der Waals surface area (Å²) in [5.41, 5.74) is 1.13. The zero-order valence-electron chi connectivity index (χ0n) is 24.6. The predicted octanol–water partition coefficient (Wildman–Crippen LogP) is 5.57. The van der Waals surface area contributed by atoms with Gasteiger partial charge in [0.25, 0.3) is 5.91 Å². The van der Waals surface area contributed by atoms with Crippen LogP contribution in [0.1, 0.15) is 98.0 Å². The van der Waals surface area contributed by atoms with Crippen LogP contribution in [0.15, 0.2) is 24.7 Å². The minimum absolute atomic E-state index is 0.00838. The highest BCUT2D eigenvalue weighted by Gasteiger charge is 2.46. The van der Waals surface area contributed by atoms with Crippen molar-refractivity contribution in [1.29, 1.82) is 0 Å². The van der Waals surface area contributed by atoms with Crippen LogP contribution >= 0.6 is 0 Å². The molecular formula is C29H33F7N8O2. The molecule has 10 nitrogen and oxygen atoms in total. The van der Waals surface area contributed by atoms with Gasteiger partial charge in [0, 0.05) is 32.1 Å². The van der Waals surface area contributed by atoms with Crippen LogP contribution in [0.5, 0.6) is 0 Å². The molecule has 1 unspecified atom stereocenters. The van der Waals surface area contributed by atoms with E-state index < -0.39 is 67.7 Å². The molecule has 3 heterocycles. The maximum atomic E-state index is 14.0. The van der Waals surface area contributed by atoms with Crippen molar-refractivity contribution in [3.05, 3.63) is 41.6 Å². The summed E-state index contributed by atoms with van der Waals surface area (Å²) in [6.45, 7) is -0.626. The van der Waals surface area contributed by atoms with Crippen LogP contribution in [0.3, 0.4) is 0 Å². The first-order chi connectivity index (χ1) is 21.6. The number of rotatable bonds is 11. The van der Waals surface area contributed by atoms with Gasteiger partial charge in [0.05, 0.1) is 49.3 Å². The Morgan fingerprint density at radius 2 is 1.65 bits per heavy atom. The van der Waals surface area contributed by atoms with Gasteiger partial charge in [0.2, 0.25) is 17.8 Å². The molecule has 2 amide bonds. The molecule has 0 aromatic carbocycles. The predicted molar refractivity (Wildman–Crippen MR) is 147 cm³/mol. The molecular weight excluding hydrogens is 625 g/mol. The van der Waals surface area contributed by atoms with Crippen molar-refractivity contribution >= 4 is 17.5 Å². The Labute approximate surface area is 258 Å². The van der Waals surface area contributed by atoms with Gasteiger partial charge in [0.1, 0.15) is 5.69 Å². The van der Waals surface area contributed by atoms with Gasteiger partial charge in [-0.05, 0) is 55.1 Å². The Kier molecular flexibility index (Phi) is 8.46. The molecule has 250 valence electrons. The van der Waals surface area contributed by atoms with Gasteiger partial charge in [-0.25, -0.2) is 31.7 Å². The molecule has 0 spiro atoms. The number of carbonyl (C=O) groups excluding carboxylic acids is 2. The average molecular weight is 659 g/mol. The number of amides is 2. The minimum Gasteiger partial charge on any atom is -0.349 e. The molecule has 46 heavy (non-hydrogen) atoms. The average Bonchev–Trinajstić information content (AvgIpc) is 3.52. The summed E-state index contributed by atoms with van der Waals surface area (Å²) in [6, 6.07) is 0.451. The largest absolute Gasteiger partial charge is 0.390 e. The summed E-state index contributed by atoms with van der Waals surface area (Å²) in [5.74, 6) is -7.32. The first kappa shape index (κ1) is 32.2. The van der Waals surface area contributed by atoms with Crippen LogP contribution in [0.4, 0.5) is 30.7 Å². The highest BCUT2D eigenvalue weighted by Crippen LogP contribution is 2.45. The van der Waals surface area contributed by atoms with E-state index in [1.807, 2.05) is 0 Å². The SMILES string of the molecule is O=C(CC1CC(F)(F)C1)NC(c1cnn2cc([C@@H](NC(=O)c3cnnn3CCC(F)(F)F)C3CCC(F)(F)CC3)nc2c1)C1CC1. The van der Waals surface area contributed by atoms with E-state index in [0.717, 1.165) is 23.7 Å². The fourth-order valence-electron chi connectivity index (χ4n) is 6.43. The maximum Gasteiger partial charge on any atom is 0.390 e. The van der Waals surface area contributed by atoms with E-state index in [2.05, 4.69) is 31.0 Å². The minimum atomic E-state index is -4.48. The van der Waals surface area contributed by atoms with Crippen molar-refractivity contribution in [2.45, 2.75) is 101 Å². The summed E-state index contributed by atoms with van der Waals surface area (Å²) in [5, 5.41) is 17.4. The third-order valence-corrected chi connectivity index (χ3v) is 9.07. The van der Waals surface area contributed by atoms with Gasteiger partial charge >= 0.3 is 6.18 Å². The smallest absolute Gasteiger partial charge is 0.349 e. The molecule has 0 aliphatic heterocycles. The number of alkyl halides is 7. The van der Waals surface area contributed by atoms with Crippen molar-refractivity contribution in [3.63, 3.8) is 0 Å².